The number of nitrogens with one attached hydrogen (secondary N) is 1. The number of carbonyl (C=O) groups excluding carboxylic acids is 2. The molecule has 2 amide bonds. The lowest BCUT2D eigenvalue weighted by Gasteiger charge is -2.15. The van der Waals surface area contributed by atoms with Crippen molar-refractivity contribution in [1.82, 2.24) is 10.2 Å². The first-order valence-corrected chi connectivity index (χ1v) is 6.69. The molecule has 1 N–H and O–H groups in total. The Hall–Kier alpha value is -0.900. The number of hydrogen-bond acceptors (Lipinski definition) is 3. The summed E-state index contributed by atoms with van der Waals surface area (Å²) in [6.45, 7) is 5.50. The standard InChI is InChI=1S/C13H22N2O2/c1-3-15-12(16)7-11(13(15)17)14-8-10-5-4-9(2)6-10/h9-11,14H,3-8H2,1-2H3. The van der Waals surface area contributed by atoms with Crippen LogP contribution in [0.25, 0.3) is 0 Å². The van der Waals surface area contributed by atoms with Gasteiger partial charge in [0.25, 0.3) is 0 Å². The van der Waals surface area contributed by atoms with Crippen molar-refractivity contribution in [3.63, 3.8) is 0 Å². The maximum atomic E-state index is 11.9. The van der Waals surface area contributed by atoms with Crippen molar-refractivity contribution in [3.8, 4) is 0 Å². The van der Waals surface area contributed by atoms with Crippen molar-refractivity contribution in [2.75, 3.05) is 13.1 Å². The summed E-state index contributed by atoms with van der Waals surface area (Å²) in [5.74, 6) is 1.43. The van der Waals surface area contributed by atoms with Gasteiger partial charge in [0.15, 0.2) is 0 Å². The zero-order chi connectivity index (χ0) is 12.4. The van der Waals surface area contributed by atoms with Crippen LogP contribution in [-0.4, -0.2) is 35.8 Å². The van der Waals surface area contributed by atoms with E-state index >= 15 is 0 Å². The molecule has 3 unspecified atom stereocenters. The molecule has 0 bridgehead atoms. The Morgan fingerprint density at radius 3 is 2.65 bits per heavy atom. The van der Waals surface area contributed by atoms with Crippen molar-refractivity contribution in [3.05, 3.63) is 0 Å². The molecule has 0 spiro atoms. The summed E-state index contributed by atoms with van der Waals surface area (Å²) in [5, 5.41) is 3.28. The highest BCUT2D eigenvalue weighted by Crippen LogP contribution is 2.29. The van der Waals surface area contributed by atoms with Crippen LogP contribution in [0.2, 0.25) is 0 Å². The number of amides is 2. The minimum absolute atomic E-state index is 0.0326. The number of carbonyl (C=O) groups is 2. The van der Waals surface area contributed by atoms with Gasteiger partial charge in [0.2, 0.25) is 11.8 Å². The van der Waals surface area contributed by atoms with Gasteiger partial charge in [0.05, 0.1) is 12.5 Å². The lowest BCUT2D eigenvalue weighted by atomic mass is 10.1. The van der Waals surface area contributed by atoms with Crippen LogP contribution >= 0.6 is 0 Å². The Labute approximate surface area is 103 Å². The second kappa shape index (κ2) is 5.17. The van der Waals surface area contributed by atoms with Crippen molar-refractivity contribution < 1.29 is 9.59 Å². The SMILES string of the molecule is CCN1C(=O)CC(NCC2CCC(C)C2)C1=O. The molecule has 2 rings (SSSR count). The van der Waals surface area contributed by atoms with E-state index in [-0.39, 0.29) is 17.9 Å². The topological polar surface area (TPSA) is 49.4 Å². The molecule has 2 fully saturated rings. The van der Waals surface area contributed by atoms with Crippen molar-refractivity contribution in [2.45, 2.75) is 45.6 Å². The fourth-order valence-electron chi connectivity index (χ4n) is 2.99. The van der Waals surface area contributed by atoms with Gasteiger partial charge >= 0.3 is 0 Å². The van der Waals surface area contributed by atoms with Crippen LogP contribution in [0.15, 0.2) is 0 Å². The number of likely N-dealkylation sites (N-methyl/N-ethyl adjacent to an activating group) is 1. The molecular formula is C13H22N2O2. The quantitative estimate of drug-likeness (QED) is 0.748. The maximum absolute atomic E-state index is 11.9. The minimum Gasteiger partial charge on any atom is -0.305 e. The Bertz CT molecular complexity index is 317. The number of imide groups is 1. The maximum Gasteiger partial charge on any atom is 0.246 e. The summed E-state index contributed by atoms with van der Waals surface area (Å²) >= 11 is 0. The van der Waals surface area contributed by atoms with E-state index in [4.69, 9.17) is 0 Å². The Balaban J connectivity index is 1.80. The van der Waals surface area contributed by atoms with E-state index in [1.807, 2.05) is 6.92 Å². The van der Waals surface area contributed by atoms with E-state index in [9.17, 15) is 9.59 Å². The molecule has 0 aromatic carbocycles. The summed E-state index contributed by atoms with van der Waals surface area (Å²) in [5.41, 5.74) is 0. The van der Waals surface area contributed by atoms with Gasteiger partial charge in [-0.05, 0) is 38.1 Å². The largest absolute Gasteiger partial charge is 0.305 e. The summed E-state index contributed by atoms with van der Waals surface area (Å²) in [4.78, 5) is 24.8. The summed E-state index contributed by atoms with van der Waals surface area (Å²) in [6, 6.07) is -0.265. The normalized spacial score (nSPS) is 33.8. The average molecular weight is 238 g/mol. The number of rotatable bonds is 4. The molecule has 1 aliphatic carbocycles. The zero-order valence-corrected chi connectivity index (χ0v) is 10.7. The van der Waals surface area contributed by atoms with Crippen LogP contribution in [0.3, 0.4) is 0 Å². The third-order valence-electron chi connectivity index (χ3n) is 4.02. The number of likely N-dealkylation sites (tertiary alicyclic amines) is 1. The van der Waals surface area contributed by atoms with Gasteiger partial charge in [-0.15, -0.1) is 0 Å². The van der Waals surface area contributed by atoms with Gasteiger partial charge in [-0.1, -0.05) is 13.3 Å². The number of nitrogens with zero attached hydrogens (tertiary/aromatic N) is 1. The first kappa shape index (κ1) is 12.6. The first-order valence-electron chi connectivity index (χ1n) is 6.69. The number of hydrogen-bond donors (Lipinski definition) is 1. The van der Waals surface area contributed by atoms with E-state index in [1.165, 1.54) is 24.2 Å². The molecular weight excluding hydrogens is 216 g/mol. The Morgan fingerprint density at radius 1 is 1.35 bits per heavy atom. The molecule has 96 valence electrons. The van der Waals surface area contributed by atoms with Crippen LogP contribution in [0, 0.1) is 11.8 Å². The van der Waals surface area contributed by atoms with Crippen LogP contribution in [0.5, 0.6) is 0 Å². The predicted octanol–water partition coefficient (Wildman–Crippen LogP) is 1.16. The highest BCUT2D eigenvalue weighted by molar-refractivity contribution is 6.05. The highest BCUT2D eigenvalue weighted by Gasteiger charge is 2.37. The summed E-state index contributed by atoms with van der Waals surface area (Å²) in [6.07, 6.45) is 4.14. The average Bonchev–Trinajstić information content (AvgIpc) is 2.81. The van der Waals surface area contributed by atoms with Crippen molar-refractivity contribution >= 4 is 11.8 Å². The van der Waals surface area contributed by atoms with Gasteiger partial charge in [0, 0.05) is 6.54 Å². The lowest BCUT2D eigenvalue weighted by molar-refractivity contribution is -0.138. The van der Waals surface area contributed by atoms with Gasteiger partial charge in [-0.3, -0.25) is 14.5 Å². The second-order valence-corrected chi connectivity index (χ2v) is 5.43. The minimum atomic E-state index is -0.265. The van der Waals surface area contributed by atoms with Crippen LogP contribution in [0.4, 0.5) is 0 Å². The molecule has 4 nitrogen and oxygen atoms in total. The second-order valence-electron chi connectivity index (χ2n) is 5.43. The summed E-state index contributed by atoms with van der Waals surface area (Å²) in [7, 11) is 0. The molecule has 1 aliphatic heterocycles. The van der Waals surface area contributed by atoms with E-state index in [0.717, 1.165) is 12.5 Å². The molecule has 2 aliphatic rings. The van der Waals surface area contributed by atoms with Crippen molar-refractivity contribution in [2.24, 2.45) is 11.8 Å². The zero-order valence-electron chi connectivity index (χ0n) is 10.7. The predicted molar refractivity (Wildman–Crippen MR) is 65.3 cm³/mol. The Morgan fingerprint density at radius 2 is 2.12 bits per heavy atom. The molecule has 0 radical (unpaired) electrons. The van der Waals surface area contributed by atoms with Gasteiger partial charge in [-0.2, -0.15) is 0 Å². The molecule has 0 aromatic heterocycles. The van der Waals surface area contributed by atoms with Crippen LogP contribution in [0.1, 0.15) is 39.5 Å². The summed E-state index contributed by atoms with van der Waals surface area (Å²) < 4.78 is 0. The van der Waals surface area contributed by atoms with Crippen LogP contribution < -0.4 is 5.32 Å². The molecule has 17 heavy (non-hydrogen) atoms. The van der Waals surface area contributed by atoms with Gasteiger partial charge < -0.3 is 5.32 Å². The molecule has 1 saturated carbocycles. The molecule has 1 saturated heterocycles. The molecule has 4 heteroatoms. The van der Waals surface area contributed by atoms with E-state index < -0.39 is 0 Å². The van der Waals surface area contributed by atoms with E-state index in [0.29, 0.717) is 18.9 Å². The molecule has 1 heterocycles. The van der Waals surface area contributed by atoms with Crippen LogP contribution in [-0.2, 0) is 9.59 Å². The fraction of sp³-hybridized carbons (Fsp3) is 0.846. The smallest absolute Gasteiger partial charge is 0.246 e. The van der Waals surface area contributed by atoms with Crippen molar-refractivity contribution in [1.29, 1.82) is 0 Å². The fourth-order valence-corrected chi connectivity index (χ4v) is 2.99. The van der Waals surface area contributed by atoms with Gasteiger partial charge in [0.1, 0.15) is 0 Å². The first-order chi connectivity index (χ1) is 8.11. The monoisotopic (exact) mass is 238 g/mol. The third-order valence-corrected chi connectivity index (χ3v) is 4.02. The lowest BCUT2D eigenvalue weighted by Crippen LogP contribution is -2.40. The molecule has 0 aromatic rings. The van der Waals surface area contributed by atoms with E-state index in [1.54, 1.807) is 0 Å². The Kier molecular flexibility index (Phi) is 3.82. The van der Waals surface area contributed by atoms with E-state index in [2.05, 4.69) is 12.2 Å². The highest BCUT2D eigenvalue weighted by atomic mass is 16.2. The molecule has 3 atom stereocenters. The third kappa shape index (κ3) is 2.68. The van der Waals surface area contributed by atoms with Gasteiger partial charge in [-0.25, -0.2) is 0 Å².